The predicted molar refractivity (Wildman–Crippen MR) is 66.2 cm³/mol. The molecule has 0 radical (unpaired) electrons. The van der Waals surface area contributed by atoms with E-state index >= 15 is 0 Å². The van der Waals surface area contributed by atoms with Crippen LogP contribution >= 0.6 is 25.6 Å². The number of benzene rings is 1. The van der Waals surface area contributed by atoms with Crippen LogP contribution in [0.1, 0.15) is 5.56 Å². The number of thiol groups is 2. The summed E-state index contributed by atoms with van der Waals surface area (Å²) in [4.78, 5) is 11.1. The summed E-state index contributed by atoms with van der Waals surface area (Å²) in [6.07, 6.45) is 1.96. The van der Waals surface area contributed by atoms with Crippen molar-refractivity contribution in [3.63, 3.8) is 0 Å². The molecule has 3 nitrogen and oxygen atoms in total. The molecule has 1 aromatic carbocycles. The van der Waals surface area contributed by atoms with E-state index in [2.05, 4.69) is 32.2 Å². The average molecular weight is 307 g/mol. The summed E-state index contributed by atoms with van der Waals surface area (Å²) >= 11 is 7.37. The van der Waals surface area contributed by atoms with Crippen molar-refractivity contribution in [2.24, 2.45) is 0 Å². The Balaban J connectivity index is 0.00000225. The van der Waals surface area contributed by atoms with Gasteiger partial charge in [-0.15, -0.1) is 6.58 Å². The number of carbonyl (C=O) groups is 1. The number of rotatable bonds is 3. The number of amides is 1. The van der Waals surface area contributed by atoms with Crippen LogP contribution < -0.4 is 4.74 Å². The van der Waals surface area contributed by atoms with Crippen LogP contribution in [0.2, 0.25) is 0 Å². The molecule has 0 saturated carbocycles. The van der Waals surface area contributed by atoms with E-state index < -0.39 is 6.09 Å². The molecule has 0 fully saturated rings. The Labute approximate surface area is 119 Å². The molecule has 1 rings (SSSR count). The molecular weight excluding hydrogens is 296 g/mol. The SMILES string of the molecule is C=CCc1ccc(OC(=O)N(S)S)cc1.[Zn]. The molecule has 1 aromatic rings. The summed E-state index contributed by atoms with van der Waals surface area (Å²) < 4.78 is 5.69. The van der Waals surface area contributed by atoms with Crippen molar-refractivity contribution in [3.05, 3.63) is 42.5 Å². The van der Waals surface area contributed by atoms with Gasteiger partial charge in [-0.25, -0.2) is 4.79 Å². The van der Waals surface area contributed by atoms with Crippen LogP contribution in [0.4, 0.5) is 4.79 Å². The minimum atomic E-state index is -0.641. The van der Waals surface area contributed by atoms with Crippen LogP contribution in [0.15, 0.2) is 36.9 Å². The first-order valence-electron chi connectivity index (χ1n) is 4.23. The third kappa shape index (κ3) is 5.06. The number of ether oxygens (including phenoxy) is 1. The first-order chi connectivity index (χ1) is 7.13. The van der Waals surface area contributed by atoms with Gasteiger partial charge in [0.05, 0.1) is 0 Å². The zero-order valence-electron chi connectivity index (χ0n) is 8.67. The molecule has 0 saturated heterocycles. The standard InChI is InChI=1S/C10H11NO2S2.Zn/c1-2-3-8-4-6-9(7-5-8)13-10(12)11(14)15;/h2,4-7,14-15H,1,3H2;. The Morgan fingerprint density at radius 3 is 2.38 bits per heavy atom. The van der Waals surface area contributed by atoms with Gasteiger partial charge in [0.25, 0.3) is 0 Å². The monoisotopic (exact) mass is 305 g/mol. The summed E-state index contributed by atoms with van der Waals surface area (Å²) in [7, 11) is 0. The topological polar surface area (TPSA) is 29.5 Å². The molecule has 0 spiro atoms. The second-order valence-corrected chi connectivity index (χ2v) is 3.91. The van der Waals surface area contributed by atoms with Crippen molar-refractivity contribution in [1.29, 1.82) is 0 Å². The maximum absolute atomic E-state index is 11.1. The van der Waals surface area contributed by atoms with Gasteiger partial charge in [0.1, 0.15) is 5.75 Å². The van der Waals surface area contributed by atoms with Crippen molar-refractivity contribution in [2.45, 2.75) is 6.42 Å². The van der Waals surface area contributed by atoms with Crippen LogP contribution in [0.5, 0.6) is 5.75 Å². The van der Waals surface area contributed by atoms with Gasteiger partial charge in [-0.1, -0.05) is 18.2 Å². The smallest absolute Gasteiger partial charge is 0.409 e. The van der Waals surface area contributed by atoms with Crippen molar-refractivity contribution in [2.75, 3.05) is 0 Å². The summed E-state index contributed by atoms with van der Waals surface area (Å²) in [5.41, 5.74) is 1.11. The van der Waals surface area contributed by atoms with Gasteiger partial charge in [-0.05, 0) is 49.7 Å². The van der Waals surface area contributed by atoms with Crippen LogP contribution in [0, 0.1) is 0 Å². The van der Waals surface area contributed by atoms with E-state index in [1.807, 2.05) is 18.2 Å². The molecule has 0 aromatic heterocycles. The number of allylic oxidation sites excluding steroid dienone is 1. The zero-order chi connectivity index (χ0) is 11.3. The molecule has 82 valence electrons. The van der Waals surface area contributed by atoms with Gasteiger partial charge < -0.3 is 4.74 Å². The Morgan fingerprint density at radius 1 is 1.38 bits per heavy atom. The van der Waals surface area contributed by atoms with Crippen LogP contribution in [0.25, 0.3) is 0 Å². The first kappa shape index (κ1) is 15.6. The number of nitrogens with zero attached hydrogens (tertiary/aromatic N) is 1. The second kappa shape index (κ2) is 7.77. The van der Waals surface area contributed by atoms with Gasteiger partial charge in [0, 0.05) is 19.5 Å². The summed E-state index contributed by atoms with van der Waals surface area (Å²) in [5.74, 6) is 0.459. The molecule has 0 aliphatic heterocycles. The van der Waals surface area contributed by atoms with Crippen LogP contribution in [-0.2, 0) is 25.9 Å². The summed E-state index contributed by atoms with van der Waals surface area (Å²) in [5, 5.41) is 0. The normalized spacial score (nSPS) is 8.88. The molecular formula is C10H11NO2S2Zn. The Kier molecular flexibility index (Phi) is 7.55. The molecule has 0 heterocycles. The fraction of sp³-hybridized carbons (Fsp3) is 0.100. The molecule has 1 amide bonds. The van der Waals surface area contributed by atoms with E-state index in [9.17, 15) is 4.79 Å². The average Bonchev–Trinajstić information content (AvgIpc) is 2.21. The maximum Gasteiger partial charge on any atom is 0.435 e. The zero-order valence-corrected chi connectivity index (χ0v) is 13.4. The first-order valence-corrected chi connectivity index (χ1v) is 5.03. The molecule has 0 unspecified atom stereocenters. The molecule has 0 bridgehead atoms. The minimum Gasteiger partial charge on any atom is -0.409 e. The molecule has 0 atom stereocenters. The fourth-order valence-electron chi connectivity index (χ4n) is 1.00. The maximum atomic E-state index is 11.1. The van der Waals surface area contributed by atoms with E-state index in [-0.39, 0.29) is 19.5 Å². The van der Waals surface area contributed by atoms with E-state index in [1.54, 1.807) is 12.1 Å². The van der Waals surface area contributed by atoms with E-state index in [1.165, 1.54) is 0 Å². The minimum absolute atomic E-state index is 0. The predicted octanol–water partition coefficient (Wildman–Crippen LogP) is 2.90. The Morgan fingerprint density at radius 2 is 1.94 bits per heavy atom. The molecule has 6 heteroatoms. The van der Waals surface area contributed by atoms with Crippen molar-refractivity contribution < 1.29 is 29.0 Å². The van der Waals surface area contributed by atoms with Crippen molar-refractivity contribution >= 4 is 31.7 Å². The number of carbonyl (C=O) groups excluding carboxylic acids is 1. The molecule has 0 N–H and O–H groups in total. The summed E-state index contributed by atoms with van der Waals surface area (Å²) in [6.45, 7) is 3.64. The van der Waals surface area contributed by atoms with Gasteiger partial charge in [0.2, 0.25) is 0 Å². The van der Waals surface area contributed by atoms with E-state index in [0.717, 1.165) is 15.7 Å². The third-order valence-electron chi connectivity index (χ3n) is 1.67. The quantitative estimate of drug-likeness (QED) is 0.511. The van der Waals surface area contributed by atoms with E-state index in [4.69, 9.17) is 4.74 Å². The van der Waals surface area contributed by atoms with E-state index in [0.29, 0.717) is 5.75 Å². The van der Waals surface area contributed by atoms with Crippen molar-refractivity contribution in [3.8, 4) is 5.75 Å². The van der Waals surface area contributed by atoms with Gasteiger partial charge in [0.15, 0.2) is 0 Å². The van der Waals surface area contributed by atoms with Gasteiger partial charge in [-0.3, -0.25) is 0 Å². The Hall–Kier alpha value is -0.447. The van der Waals surface area contributed by atoms with Crippen molar-refractivity contribution in [1.82, 2.24) is 3.71 Å². The third-order valence-corrected chi connectivity index (χ3v) is 2.00. The van der Waals surface area contributed by atoms with Gasteiger partial charge >= 0.3 is 6.09 Å². The Bertz CT molecular complexity index is 354. The molecule has 16 heavy (non-hydrogen) atoms. The molecule has 0 aliphatic carbocycles. The van der Waals surface area contributed by atoms with Crippen LogP contribution in [0.3, 0.4) is 0 Å². The summed E-state index contributed by atoms with van der Waals surface area (Å²) in [6, 6.07) is 7.15. The fourth-order valence-corrected chi connectivity index (χ4v) is 1.08. The largest absolute Gasteiger partial charge is 0.435 e. The number of hydrogen-bond donors (Lipinski definition) is 2. The molecule has 0 aliphatic rings. The second-order valence-electron chi connectivity index (χ2n) is 2.79. The number of hydrogen-bond acceptors (Lipinski definition) is 4. The van der Waals surface area contributed by atoms with Gasteiger partial charge in [-0.2, -0.15) is 3.71 Å². The van der Waals surface area contributed by atoms with Crippen LogP contribution in [-0.4, -0.2) is 9.80 Å².